The van der Waals surface area contributed by atoms with E-state index in [-0.39, 0.29) is 10.2 Å². The van der Waals surface area contributed by atoms with Crippen LogP contribution in [-0.4, -0.2) is 19.4 Å². The van der Waals surface area contributed by atoms with E-state index < -0.39 is 23.6 Å². The summed E-state index contributed by atoms with van der Waals surface area (Å²) in [6.07, 6.45) is -4.93. The van der Waals surface area contributed by atoms with Crippen molar-refractivity contribution >= 4 is 27.6 Å². The molecular weight excluding hydrogens is 307 g/mol. The molecule has 0 saturated heterocycles. The average Bonchev–Trinajstić information content (AvgIpc) is 2.21. The summed E-state index contributed by atoms with van der Waals surface area (Å²) in [7, 11) is 1.03. The number of ether oxygens (including phenoxy) is 2. The summed E-state index contributed by atoms with van der Waals surface area (Å²) in [6.45, 7) is 0. The van der Waals surface area contributed by atoms with Crippen molar-refractivity contribution in [3.05, 3.63) is 22.2 Å². The van der Waals surface area contributed by atoms with Crippen LogP contribution in [0.4, 0.5) is 18.9 Å². The maximum atomic E-state index is 12.2. The molecule has 1 aromatic carbocycles. The second-order valence-corrected chi connectivity index (χ2v) is 3.73. The van der Waals surface area contributed by atoms with Crippen LogP contribution in [0.25, 0.3) is 0 Å². The molecule has 2 N–H and O–H groups in total. The van der Waals surface area contributed by atoms with Crippen LogP contribution in [0, 0.1) is 0 Å². The molecule has 17 heavy (non-hydrogen) atoms. The second kappa shape index (κ2) is 4.82. The van der Waals surface area contributed by atoms with Crippen LogP contribution in [0.15, 0.2) is 16.6 Å². The zero-order valence-electron chi connectivity index (χ0n) is 8.47. The summed E-state index contributed by atoms with van der Waals surface area (Å²) in [5.41, 5.74) is 4.78. The molecule has 0 radical (unpaired) electrons. The van der Waals surface area contributed by atoms with Gasteiger partial charge in [-0.2, -0.15) is 0 Å². The normalized spacial score (nSPS) is 11.1. The van der Waals surface area contributed by atoms with E-state index >= 15 is 0 Å². The van der Waals surface area contributed by atoms with Crippen molar-refractivity contribution in [1.29, 1.82) is 0 Å². The number of anilines is 1. The summed E-state index contributed by atoms with van der Waals surface area (Å²) in [4.78, 5) is 11.3. The predicted octanol–water partition coefficient (Wildman–Crippen LogP) is 2.72. The lowest BCUT2D eigenvalue weighted by Crippen LogP contribution is -2.20. The highest BCUT2D eigenvalue weighted by Crippen LogP contribution is 2.37. The minimum Gasteiger partial charge on any atom is -0.465 e. The average molecular weight is 314 g/mol. The number of methoxy groups -OCH3 is 1. The number of carbonyl (C=O) groups is 1. The van der Waals surface area contributed by atoms with Gasteiger partial charge in [0.15, 0.2) is 5.75 Å². The molecule has 0 heterocycles. The van der Waals surface area contributed by atoms with Crippen LogP contribution in [0.3, 0.4) is 0 Å². The van der Waals surface area contributed by atoms with Gasteiger partial charge in [-0.05, 0) is 28.1 Å². The molecule has 0 aromatic heterocycles. The van der Waals surface area contributed by atoms with Gasteiger partial charge in [-0.3, -0.25) is 0 Å². The maximum absolute atomic E-state index is 12.2. The molecule has 0 saturated carbocycles. The van der Waals surface area contributed by atoms with E-state index in [0.29, 0.717) is 0 Å². The van der Waals surface area contributed by atoms with E-state index in [0.717, 1.165) is 7.11 Å². The third kappa shape index (κ3) is 3.26. The van der Waals surface area contributed by atoms with Gasteiger partial charge in [0.1, 0.15) is 5.56 Å². The van der Waals surface area contributed by atoms with Gasteiger partial charge in [-0.1, -0.05) is 0 Å². The van der Waals surface area contributed by atoms with E-state index in [4.69, 9.17) is 5.73 Å². The van der Waals surface area contributed by atoms with Gasteiger partial charge in [0.2, 0.25) is 0 Å². The van der Waals surface area contributed by atoms with E-state index in [1.54, 1.807) is 0 Å². The maximum Gasteiger partial charge on any atom is 0.573 e. The lowest BCUT2D eigenvalue weighted by molar-refractivity contribution is -0.275. The molecule has 4 nitrogen and oxygen atoms in total. The highest BCUT2D eigenvalue weighted by atomic mass is 79.9. The highest BCUT2D eigenvalue weighted by molar-refractivity contribution is 9.10. The quantitative estimate of drug-likeness (QED) is 0.673. The smallest absolute Gasteiger partial charge is 0.465 e. The zero-order valence-corrected chi connectivity index (χ0v) is 10.1. The van der Waals surface area contributed by atoms with E-state index in [9.17, 15) is 18.0 Å². The molecule has 0 aliphatic heterocycles. The monoisotopic (exact) mass is 313 g/mol. The minimum atomic E-state index is -4.93. The molecule has 0 atom stereocenters. The molecule has 1 aromatic rings. The Hall–Kier alpha value is -1.44. The first kappa shape index (κ1) is 13.6. The number of hydrogen-bond donors (Lipinski definition) is 1. The Morgan fingerprint density at radius 1 is 1.41 bits per heavy atom. The van der Waals surface area contributed by atoms with Gasteiger partial charge in [-0.15, -0.1) is 13.2 Å². The highest BCUT2D eigenvalue weighted by Gasteiger charge is 2.35. The van der Waals surface area contributed by atoms with Crippen molar-refractivity contribution in [2.45, 2.75) is 6.36 Å². The first-order valence-electron chi connectivity index (χ1n) is 4.18. The standard InChI is InChI=1S/C9H7BrF3NO3/c1-16-8(15)6-5(14)3-2-4(10)7(6)17-9(11,12)13/h2-3H,14H2,1H3. The first-order chi connectivity index (χ1) is 7.76. The molecule has 0 unspecified atom stereocenters. The van der Waals surface area contributed by atoms with Crippen molar-refractivity contribution in [2.75, 3.05) is 12.8 Å². The van der Waals surface area contributed by atoms with Crippen LogP contribution >= 0.6 is 15.9 Å². The molecule has 0 spiro atoms. The van der Waals surface area contributed by atoms with Crippen LogP contribution in [0.5, 0.6) is 5.75 Å². The second-order valence-electron chi connectivity index (χ2n) is 2.88. The van der Waals surface area contributed by atoms with Crippen LogP contribution in [0.2, 0.25) is 0 Å². The zero-order chi connectivity index (χ0) is 13.2. The SMILES string of the molecule is COC(=O)c1c(N)ccc(Br)c1OC(F)(F)F. The number of nitrogen functional groups attached to an aromatic ring is 1. The Labute approximate surface area is 103 Å². The van der Waals surface area contributed by atoms with Gasteiger partial charge in [0.25, 0.3) is 0 Å². The van der Waals surface area contributed by atoms with Crippen molar-refractivity contribution in [3.63, 3.8) is 0 Å². The molecule has 1 rings (SSSR count). The minimum absolute atomic E-state index is 0.0515. The largest absolute Gasteiger partial charge is 0.573 e. The molecule has 0 bridgehead atoms. The summed E-state index contributed by atoms with van der Waals surface area (Å²) >= 11 is 2.84. The topological polar surface area (TPSA) is 61.5 Å². The van der Waals surface area contributed by atoms with Gasteiger partial charge in [-0.25, -0.2) is 4.79 Å². The fraction of sp³-hybridized carbons (Fsp3) is 0.222. The van der Waals surface area contributed by atoms with Gasteiger partial charge >= 0.3 is 12.3 Å². The Bertz CT molecular complexity index is 448. The van der Waals surface area contributed by atoms with Crippen molar-refractivity contribution in [3.8, 4) is 5.75 Å². The van der Waals surface area contributed by atoms with Gasteiger partial charge < -0.3 is 15.2 Å². The Balaban J connectivity index is 3.35. The van der Waals surface area contributed by atoms with Crippen molar-refractivity contribution in [2.24, 2.45) is 0 Å². The number of alkyl halides is 3. The number of halogens is 4. The number of hydrogen-bond acceptors (Lipinski definition) is 4. The lowest BCUT2D eigenvalue weighted by Gasteiger charge is -2.15. The molecule has 94 valence electrons. The number of nitrogens with two attached hydrogens (primary N) is 1. The van der Waals surface area contributed by atoms with Crippen LogP contribution in [-0.2, 0) is 4.74 Å². The number of carbonyl (C=O) groups excluding carboxylic acids is 1. The third-order valence-electron chi connectivity index (χ3n) is 1.75. The third-order valence-corrected chi connectivity index (χ3v) is 2.37. The molecule has 0 amide bonds. The Morgan fingerprint density at radius 2 is 2.00 bits per heavy atom. The van der Waals surface area contributed by atoms with Gasteiger partial charge in [0, 0.05) is 0 Å². The fourth-order valence-corrected chi connectivity index (χ4v) is 1.51. The summed E-state index contributed by atoms with van der Waals surface area (Å²) < 4.78 is 44.5. The Morgan fingerprint density at radius 3 is 2.47 bits per heavy atom. The molecule has 0 aliphatic carbocycles. The first-order valence-corrected chi connectivity index (χ1v) is 4.97. The number of esters is 1. The summed E-state index contributed by atoms with van der Waals surface area (Å²) in [6, 6.07) is 2.50. The predicted molar refractivity (Wildman–Crippen MR) is 56.6 cm³/mol. The molecule has 0 fully saturated rings. The van der Waals surface area contributed by atoms with Crippen LogP contribution < -0.4 is 10.5 Å². The van der Waals surface area contributed by atoms with Gasteiger partial charge in [0.05, 0.1) is 17.3 Å². The lowest BCUT2D eigenvalue weighted by atomic mass is 10.1. The van der Waals surface area contributed by atoms with E-state index in [1.165, 1.54) is 12.1 Å². The Kier molecular flexibility index (Phi) is 3.87. The van der Waals surface area contributed by atoms with Crippen molar-refractivity contribution in [1.82, 2.24) is 0 Å². The van der Waals surface area contributed by atoms with E-state index in [1.807, 2.05) is 0 Å². The van der Waals surface area contributed by atoms with Crippen molar-refractivity contribution < 1.29 is 27.4 Å². The van der Waals surface area contributed by atoms with Crippen LogP contribution in [0.1, 0.15) is 10.4 Å². The number of benzene rings is 1. The van der Waals surface area contributed by atoms with E-state index in [2.05, 4.69) is 25.4 Å². The fourth-order valence-electron chi connectivity index (χ4n) is 1.10. The summed E-state index contributed by atoms with van der Waals surface area (Å²) in [5.74, 6) is -1.73. The molecule has 0 aliphatic rings. The molecular formula is C9H7BrF3NO3. The number of rotatable bonds is 2. The molecule has 8 heteroatoms. The summed E-state index contributed by atoms with van der Waals surface area (Å²) in [5, 5.41) is 0.